The van der Waals surface area contributed by atoms with Crippen molar-refractivity contribution in [1.29, 1.82) is 0 Å². The molecule has 0 spiro atoms. The SMILES string of the molecule is O=C([C@H](Cc1ccccc1)N(Cc1ccc(-c2ccccn2)cc1)C(=O)/C=C/c1ccc(C(F)(F)F)cc1)N1CCN(Cc2cccnc2)CC1. The Labute approximate surface area is 295 Å². The maximum atomic E-state index is 14.5. The third kappa shape index (κ3) is 9.55. The summed E-state index contributed by atoms with van der Waals surface area (Å²) in [6.07, 6.45) is 3.97. The van der Waals surface area contributed by atoms with Gasteiger partial charge in [-0.3, -0.25) is 24.5 Å². The van der Waals surface area contributed by atoms with E-state index in [1.807, 2.05) is 96.0 Å². The Balaban J connectivity index is 1.28. The second kappa shape index (κ2) is 16.4. The van der Waals surface area contributed by atoms with Crippen molar-refractivity contribution in [3.8, 4) is 11.3 Å². The number of nitrogens with zero attached hydrogens (tertiary/aromatic N) is 5. The molecule has 0 saturated carbocycles. The highest BCUT2D eigenvalue weighted by atomic mass is 19.4. The number of piperazine rings is 1. The van der Waals surface area contributed by atoms with Crippen molar-refractivity contribution in [3.05, 3.63) is 162 Å². The lowest BCUT2D eigenvalue weighted by Gasteiger charge is -2.39. The van der Waals surface area contributed by atoms with Crippen LogP contribution >= 0.6 is 0 Å². The third-order valence-electron chi connectivity index (χ3n) is 8.95. The van der Waals surface area contributed by atoms with Crippen LogP contribution in [0, 0.1) is 0 Å². The third-order valence-corrected chi connectivity index (χ3v) is 8.95. The monoisotopic (exact) mass is 689 g/mol. The number of alkyl halides is 3. The summed E-state index contributed by atoms with van der Waals surface area (Å²) in [5, 5.41) is 0. The molecule has 5 aromatic rings. The number of pyridine rings is 2. The molecule has 1 fully saturated rings. The summed E-state index contributed by atoms with van der Waals surface area (Å²) >= 11 is 0. The first kappa shape index (κ1) is 35.2. The lowest BCUT2D eigenvalue weighted by atomic mass is 10.0. The van der Waals surface area contributed by atoms with E-state index in [-0.39, 0.29) is 12.5 Å². The normalized spacial score (nSPS) is 14.4. The van der Waals surface area contributed by atoms with Gasteiger partial charge in [0.15, 0.2) is 0 Å². The standard InChI is InChI=1S/C41H38F3N5O2/c42-41(43,44)36-18-13-31(14-19-36)15-20-39(50)49(30-33-11-16-35(17-12-33)37-10-4-5-22-46-37)38(27-32-7-2-1-3-8-32)40(51)48-25-23-47(24-26-48)29-34-9-6-21-45-28-34/h1-22,28,38H,23-27,29-30H2/b20-15+/t38-/m0/s1. The quantitative estimate of drug-likeness (QED) is 0.138. The van der Waals surface area contributed by atoms with E-state index in [9.17, 15) is 22.8 Å². The van der Waals surface area contributed by atoms with Crippen LogP contribution in [0.2, 0.25) is 0 Å². The average molecular weight is 690 g/mol. The van der Waals surface area contributed by atoms with E-state index in [2.05, 4.69) is 14.9 Å². The van der Waals surface area contributed by atoms with E-state index >= 15 is 0 Å². The number of aromatic nitrogens is 2. The second-order valence-corrected chi connectivity index (χ2v) is 12.5. The Kier molecular flexibility index (Phi) is 11.3. The molecule has 0 unspecified atom stereocenters. The number of hydrogen-bond acceptors (Lipinski definition) is 5. The molecule has 0 aliphatic carbocycles. The molecule has 7 nitrogen and oxygen atoms in total. The minimum absolute atomic E-state index is 0.142. The van der Waals surface area contributed by atoms with Crippen LogP contribution in [-0.2, 0) is 35.3 Å². The smallest absolute Gasteiger partial charge is 0.338 e. The first-order valence-electron chi connectivity index (χ1n) is 16.8. The topological polar surface area (TPSA) is 69.6 Å². The molecule has 1 atom stereocenters. The molecule has 2 amide bonds. The van der Waals surface area contributed by atoms with Crippen molar-refractivity contribution in [2.24, 2.45) is 0 Å². The number of hydrogen-bond donors (Lipinski definition) is 0. The molecule has 6 rings (SSSR count). The van der Waals surface area contributed by atoms with Gasteiger partial charge in [0.25, 0.3) is 0 Å². The summed E-state index contributed by atoms with van der Waals surface area (Å²) in [4.78, 5) is 43.0. The van der Waals surface area contributed by atoms with E-state index in [1.54, 1.807) is 17.3 Å². The van der Waals surface area contributed by atoms with Crippen molar-refractivity contribution in [2.75, 3.05) is 26.2 Å². The number of benzene rings is 3. The molecule has 2 aromatic heterocycles. The molecule has 0 bridgehead atoms. The van der Waals surface area contributed by atoms with Gasteiger partial charge in [-0.25, -0.2) is 0 Å². The van der Waals surface area contributed by atoms with Crippen LogP contribution in [0.25, 0.3) is 17.3 Å². The van der Waals surface area contributed by atoms with E-state index in [4.69, 9.17) is 0 Å². The van der Waals surface area contributed by atoms with Crippen molar-refractivity contribution in [3.63, 3.8) is 0 Å². The molecule has 1 saturated heterocycles. The molecule has 1 aliphatic heterocycles. The van der Waals surface area contributed by atoms with Crippen LogP contribution in [0.1, 0.15) is 27.8 Å². The van der Waals surface area contributed by atoms with Gasteiger partial charge < -0.3 is 9.80 Å². The van der Waals surface area contributed by atoms with Crippen LogP contribution < -0.4 is 0 Å². The summed E-state index contributed by atoms with van der Waals surface area (Å²) < 4.78 is 39.5. The highest BCUT2D eigenvalue weighted by Crippen LogP contribution is 2.29. The molecule has 51 heavy (non-hydrogen) atoms. The fourth-order valence-electron chi connectivity index (χ4n) is 6.15. The summed E-state index contributed by atoms with van der Waals surface area (Å²) in [7, 11) is 0. The molecular formula is C41H38F3N5O2. The first-order chi connectivity index (χ1) is 24.7. The fraction of sp³-hybridized carbons (Fsp3) is 0.220. The Bertz CT molecular complexity index is 1900. The van der Waals surface area contributed by atoms with E-state index in [1.165, 1.54) is 24.3 Å². The largest absolute Gasteiger partial charge is 0.416 e. The number of carbonyl (C=O) groups is 2. The van der Waals surface area contributed by atoms with Gasteiger partial charge in [0.2, 0.25) is 11.8 Å². The summed E-state index contributed by atoms with van der Waals surface area (Å²) in [5.74, 6) is -0.575. The predicted octanol–water partition coefficient (Wildman–Crippen LogP) is 7.16. The highest BCUT2D eigenvalue weighted by molar-refractivity contribution is 5.95. The molecular weight excluding hydrogens is 651 g/mol. The van der Waals surface area contributed by atoms with E-state index in [0.29, 0.717) is 38.2 Å². The predicted molar refractivity (Wildman–Crippen MR) is 191 cm³/mol. The summed E-state index contributed by atoms with van der Waals surface area (Å²) in [6, 6.07) is 30.7. The Morgan fingerprint density at radius 1 is 0.765 bits per heavy atom. The number of halogens is 3. The van der Waals surface area contributed by atoms with Crippen LogP contribution in [0.3, 0.4) is 0 Å². The maximum Gasteiger partial charge on any atom is 0.416 e. The van der Waals surface area contributed by atoms with Crippen LogP contribution in [0.5, 0.6) is 0 Å². The van der Waals surface area contributed by atoms with Crippen LogP contribution in [-0.4, -0.2) is 68.7 Å². The molecule has 1 aliphatic rings. The number of amides is 2. The van der Waals surface area contributed by atoms with Crippen molar-refractivity contribution in [1.82, 2.24) is 24.7 Å². The average Bonchev–Trinajstić information content (AvgIpc) is 3.16. The minimum Gasteiger partial charge on any atom is -0.338 e. The molecule has 10 heteroatoms. The van der Waals surface area contributed by atoms with Gasteiger partial charge in [0.05, 0.1) is 11.3 Å². The van der Waals surface area contributed by atoms with Gasteiger partial charge in [-0.2, -0.15) is 13.2 Å². The van der Waals surface area contributed by atoms with Gasteiger partial charge >= 0.3 is 6.18 Å². The minimum atomic E-state index is -4.46. The number of carbonyl (C=O) groups excluding carboxylic acids is 2. The van der Waals surface area contributed by atoms with E-state index < -0.39 is 23.7 Å². The summed E-state index contributed by atoms with van der Waals surface area (Å²) in [6.45, 7) is 3.24. The van der Waals surface area contributed by atoms with Gasteiger partial charge in [-0.15, -0.1) is 0 Å². The van der Waals surface area contributed by atoms with Crippen LogP contribution in [0.4, 0.5) is 13.2 Å². The second-order valence-electron chi connectivity index (χ2n) is 12.5. The Morgan fingerprint density at radius 3 is 2.12 bits per heavy atom. The van der Waals surface area contributed by atoms with Gasteiger partial charge in [-0.1, -0.05) is 78.9 Å². The lowest BCUT2D eigenvalue weighted by molar-refractivity contribution is -0.145. The number of rotatable bonds is 11. The highest BCUT2D eigenvalue weighted by Gasteiger charge is 2.34. The van der Waals surface area contributed by atoms with Crippen LogP contribution in [0.15, 0.2) is 134 Å². The Morgan fingerprint density at radius 2 is 1.47 bits per heavy atom. The molecule has 0 N–H and O–H groups in total. The van der Waals surface area contributed by atoms with Gasteiger partial charge in [0.1, 0.15) is 6.04 Å². The van der Waals surface area contributed by atoms with Gasteiger partial charge in [-0.05, 0) is 58.7 Å². The first-order valence-corrected chi connectivity index (χ1v) is 16.8. The zero-order chi connectivity index (χ0) is 35.6. The zero-order valence-electron chi connectivity index (χ0n) is 28.0. The molecule has 0 radical (unpaired) electrons. The summed E-state index contributed by atoms with van der Waals surface area (Å²) in [5.41, 5.74) is 4.23. The molecule has 3 aromatic carbocycles. The maximum absolute atomic E-state index is 14.5. The van der Waals surface area contributed by atoms with E-state index in [0.717, 1.165) is 46.6 Å². The van der Waals surface area contributed by atoms with Crippen molar-refractivity contribution < 1.29 is 22.8 Å². The van der Waals surface area contributed by atoms with Crippen molar-refractivity contribution in [2.45, 2.75) is 31.7 Å². The zero-order valence-corrected chi connectivity index (χ0v) is 28.0. The molecule has 3 heterocycles. The lowest BCUT2D eigenvalue weighted by Crippen LogP contribution is -2.56. The van der Waals surface area contributed by atoms with Crippen molar-refractivity contribution >= 4 is 17.9 Å². The van der Waals surface area contributed by atoms with Gasteiger partial charge in [0, 0.05) is 75.9 Å². The molecule has 260 valence electrons. The Hall–Kier alpha value is -5.61. The fourth-order valence-corrected chi connectivity index (χ4v) is 6.15.